The highest BCUT2D eigenvalue weighted by Crippen LogP contribution is 2.25. The first kappa shape index (κ1) is 17.6. The molecule has 3 aromatic rings. The van der Waals surface area contributed by atoms with Gasteiger partial charge in [-0.15, -0.1) is 0 Å². The summed E-state index contributed by atoms with van der Waals surface area (Å²) in [4.78, 5) is 10.2. The third kappa shape index (κ3) is 3.29. The first-order valence-corrected chi connectivity index (χ1v) is 9.17. The van der Waals surface area contributed by atoms with E-state index in [2.05, 4.69) is 9.82 Å². The molecular weight excluding hydrogens is 356 g/mol. The molecule has 0 saturated heterocycles. The van der Waals surface area contributed by atoms with Crippen molar-refractivity contribution in [2.75, 3.05) is 4.72 Å². The predicted octanol–water partition coefficient (Wildman–Crippen LogP) is 3.20. The second-order valence-electron chi connectivity index (χ2n) is 5.66. The van der Waals surface area contributed by atoms with Gasteiger partial charge in [-0.1, -0.05) is 18.2 Å². The number of nitrogens with zero attached hydrogens (tertiary/aromatic N) is 3. The van der Waals surface area contributed by atoms with Crippen LogP contribution in [0.2, 0.25) is 0 Å². The fourth-order valence-corrected chi connectivity index (χ4v) is 4.15. The van der Waals surface area contributed by atoms with Gasteiger partial charge < -0.3 is 0 Å². The number of non-ortho nitro benzene ring substituents is 1. The topological polar surface area (TPSA) is 107 Å². The van der Waals surface area contributed by atoms with E-state index < -0.39 is 14.9 Å². The summed E-state index contributed by atoms with van der Waals surface area (Å²) in [7, 11) is -3.90. The number of aryl methyl sites for hydroxylation is 1. The second kappa shape index (κ2) is 6.60. The zero-order valence-electron chi connectivity index (χ0n) is 14.1. The number of hydrogen-bond acceptors (Lipinski definition) is 5. The Kier molecular flexibility index (Phi) is 4.47. The lowest BCUT2D eigenvalue weighted by Gasteiger charge is -2.09. The normalized spacial score (nSPS) is 11.3. The van der Waals surface area contributed by atoms with Gasteiger partial charge in [-0.05, 0) is 38.1 Å². The molecule has 1 aromatic heterocycles. The van der Waals surface area contributed by atoms with Crippen LogP contribution in [0, 0.1) is 24.0 Å². The number of nitrogens with one attached hydrogen (secondary N) is 1. The summed E-state index contributed by atoms with van der Waals surface area (Å²) in [6.07, 6.45) is 0. The fraction of sp³-hybridized carbons (Fsp3) is 0.118. The number of aromatic nitrogens is 2. The van der Waals surface area contributed by atoms with Gasteiger partial charge >= 0.3 is 0 Å². The largest absolute Gasteiger partial charge is 0.280 e. The van der Waals surface area contributed by atoms with Crippen LogP contribution in [-0.4, -0.2) is 23.1 Å². The van der Waals surface area contributed by atoms with E-state index >= 15 is 0 Å². The highest BCUT2D eigenvalue weighted by Gasteiger charge is 2.25. The average molecular weight is 372 g/mol. The summed E-state index contributed by atoms with van der Waals surface area (Å²) in [6.45, 7) is 3.30. The summed E-state index contributed by atoms with van der Waals surface area (Å²) < 4.78 is 29.6. The number of sulfonamides is 1. The zero-order chi connectivity index (χ0) is 18.9. The highest BCUT2D eigenvalue weighted by atomic mass is 32.2. The number of nitro benzene ring substituents is 1. The van der Waals surface area contributed by atoms with E-state index in [1.54, 1.807) is 18.5 Å². The molecular formula is C17H16N4O4S. The third-order valence-corrected chi connectivity index (χ3v) is 5.46. The SMILES string of the molecule is Cc1nn(-c2ccccc2)c(C)c1S(=O)(=O)Nc1ccc([N+](=O)[O-])cc1. The molecule has 0 saturated carbocycles. The van der Waals surface area contributed by atoms with Crippen LogP contribution in [0.25, 0.3) is 5.69 Å². The monoisotopic (exact) mass is 372 g/mol. The number of hydrogen-bond donors (Lipinski definition) is 1. The molecule has 0 amide bonds. The number of rotatable bonds is 5. The van der Waals surface area contributed by atoms with E-state index in [0.717, 1.165) is 5.69 Å². The molecule has 0 unspecified atom stereocenters. The van der Waals surface area contributed by atoms with Crippen LogP contribution in [0.4, 0.5) is 11.4 Å². The molecule has 26 heavy (non-hydrogen) atoms. The molecule has 0 spiro atoms. The van der Waals surface area contributed by atoms with Gasteiger partial charge in [0.05, 0.1) is 22.0 Å². The fourth-order valence-electron chi connectivity index (χ4n) is 2.70. The number of nitro groups is 1. The van der Waals surface area contributed by atoms with Crippen LogP contribution in [-0.2, 0) is 10.0 Å². The highest BCUT2D eigenvalue weighted by molar-refractivity contribution is 7.92. The van der Waals surface area contributed by atoms with Crippen molar-refractivity contribution in [3.63, 3.8) is 0 Å². The molecule has 1 N–H and O–H groups in total. The van der Waals surface area contributed by atoms with Crippen LogP contribution in [0.1, 0.15) is 11.4 Å². The molecule has 0 radical (unpaired) electrons. The third-order valence-electron chi connectivity index (χ3n) is 3.82. The summed E-state index contributed by atoms with van der Waals surface area (Å²) in [5.41, 5.74) is 1.72. The Bertz CT molecular complexity index is 1060. The summed E-state index contributed by atoms with van der Waals surface area (Å²) >= 11 is 0. The van der Waals surface area contributed by atoms with Crippen LogP contribution < -0.4 is 4.72 Å². The van der Waals surface area contributed by atoms with Gasteiger partial charge in [0.2, 0.25) is 0 Å². The Morgan fingerprint density at radius 1 is 1.04 bits per heavy atom. The molecule has 0 atom stereocenters. The van der Waals surface area contributed by atoms with Crippen LogP contribution >= 0.6 is 0 Å². The van der Waals surface area contributed by atoms with E-state index in [4.69, 9.17) is 0 Å². The standard InChI is InChI=1S/C17H16N4O4S/c1-12-17(13(2)20(18-12)15-6-4-3-5-7-15)26(24,25)19-14-8-10-16(11-9-14)21(22)23/h3-11,19H,1-2H3. The van der Waals surface area contributed by atoms with Crippen molar-refractivity contribution in [3.05, 3.63) is 76.1 Å². The molecule has 0 bridgehead atoms. The van der Waals surface area contributed by atoms with Crippen molar-refractivity contribution >= 4 is 21.4 Å². The van der Waals surface area contributed by atoms with Crippen molar-refractivity contribution in [1.82, 2.24) is 9.78 Å². The van der Waals surface area contributed by atoms with Gasteiger partial charge in [-0.25, -0.2) is 13.1 Å². The van der Waals surface area contributed by atoms with E-state index in [1.165, 1.54) is 24.3 Å². The number of benzene rings is 2. The molecule has 9 heteroatoms. The molecule has 0 aliphatic rings. The summed E-state index contributed by atoms with van der Waals surface area (Å²) in [6, 6.07) is 14.4. The van der Waals surface area contributed by atoms with Crippen molar-refractivity contribution in [3.8, 4) is 5.69 Å². The van der Waals surface area contributed by atoms with Gasteiger partial charge in [0.25, 0.3) is 15.7 Å². The minimum Gasteiger partial charge on any atom is -0.280 e. The molecule has 0 aliphatic heterocycles. The van der Waals surface area contributed by atoms with Crippen molar-refractivity contribution in [2.45, 2.75) is 18.7 Å². The smallest absolute Gasteiger partial charge is 0.269 e. The first-order chi connectivity index (χ1) is 12.3. The minimum absolute atomic E-state index is 0.0831. The van der Waals surface area contributed by atoms with Crippen LogP contribution in [0.5, 0.6) is 0 Å². The van der Waals surface area contributed by atoms with E-state index in [1.807, 2.05) is 30.3 Å². The van der Waals surface area contributed by atoms with Crippen LogP contribution in [0.15, 0.2) is 59.5 Å². The summed E-state index contributed by atoms with van der Waals surface area (Å²) in [5, 5.41) is 15.0. The molecule has 134 valence electrons. The Balaban J connectivity index is 1.97. The summed E-state index contributed by atoms with van der Waals surface area (Å²) in [5.74, 6) is 0. The van der Waals surface area contributed by atoms with Gasteiger partial charge in [0.15, 0.2) is 0 Å². The van der Waals surface area contributed by atoms with E-state index in [9.17, 15) is 18.5 Å². The molecule has 0 aliphatic carbocycles. The lowest BCUT2D eigenvalue weighted by molar-refractivity contribution is -0.384. The van der Waals surface area contributed by atoms with Crippen molar-refractivity contribution < 1.29 is 13.3 Å². The molecule has 2 aromatic carbocycles. The number of anilines is 1. The minimum atomic E-state index is -3.90. The van der Waals surface area contributed by atoms with Crippen molar-refractivity contribution in [1.29, 1.82) is 0 Å². The first-order valence-electron chi connectivity index (χ1n) is 7.68. The van der Waals surface area contributed by atoms with Gasteiger partial charge in [0, 0.05) is 17.8 Å². The Morgan fingerprint density at radius 3 is 2.23 bits per heavy atom. The van der Waals surface area contributed by atoms with Gasteiger partial charge in [-0.2, -0.15) is 5.10 Å². The van der Waals surface area contributed by atoms with Gasteiger partial charge in [0.1, 0.15) is 4.90 Å². The molecule has 3 rings (SSSR count). The molecule has 1 heterocycles. The molecule has 0 fully saturated rings. The lowest BCUT2D eigenvalue weighted by atomic mass is 10.3. The molecule has 8 nitrogen and oxygen atoms in total. The van der Waals surface area contributed by atoms with Crippen LogP contribution in [0.3, 0.4) is 0 Å². The van der Waals surface area contributed by atoms with E-state index in [0.29, 0.717) is 11.4 Å². The lowest BCUT2D eigenvalue weighted by Crippen LogP contribution is -2.15. The number of para-hydroxylation sites is 1. The van der Waals surface area contributed by atoms with E-state index in [-0.39, 0.29) is 16.3 Å². The Morgan fingerprint density at radius 2 is 1.65 bits per heavy atom. The maximum atomic E-state index is 12.8. The predicted molar refractivity (Wildman–Crippen MR) is 96.9 cm³/mol. The maximum absolute atomic E-state index is 12.8. The maximum Gasteiger partial charge on any atom is 0.269 e. The van der Waals surface area contributed by atoms with Gasteiger partial charge in [-0.3, -0.25) is 14.8 Å². The second-order valence-corrected chi connectivity index (χ2v) is 7.28. The van der Waals surface area contributed by atoms with Crippen molar-refractivity contribution in [2.24, 2.45) is 0 Å². The Labute approximate surface area is 150 Å². The zero-order valence-corrected chi connectivity index (χ0v) is 14.9. The quantitative estimate of drug-likeness (QED) is 0.547. The average Bonchev–Trinajstić information content (AvgIpc) is 2.91. The Hall–Kier alpha value is -3.20.